The van der Waals surface area contributed by atoms with Gasteiger partial charge in [0.1, 0.15) is 5.84 Å². The van der Waals surface area contributed by atoms with E-state index in [4.69, 9.17) is 22.7 Å². The Labute approximate surface area is 108 Å². The van der Waals surface area contributed by atoms with E-state index in [1.54, 1.807) is 6.07 Å². The van der Waals surface area contributed by atoms with E-state index in [0.717, 1.165) is 25.2 Å². The van der Waals surface area contributed by atoms with Crippen LogP contribution in [0.4, 0.5) is 5.69 Å². The highest BCUT2D eigenvalue weighted by Gasteiger charge is 2.09. The molecule has 0 fully saturated rings. The minimum atomic E-state index is 0.0510. The molecule has 0 aliphatic heterocycles. The first-order chi connectivity index (χ1) is 8.10. The van der Waals surface area contributed by atoms with Crippen LogP contribution in [-0.4, -0.2) is 18.9 Å². The molecule has 0 radical (unpaired) electrons. The lowest BCUT2D eigenvalue weighted by Crippen LogP contribution is -2.24. The van der Waals surface area contributed by atoms with E-state index >= 15 is 0 Å². The standard InChI is InChI=1S/C13H20ClN3/c1-3-5-8-17(4-2)12-7-6-10(13(15)16)9-11(12)14/h6-7,9H,3-5,8H2,1-2H3,(H3,15,16). The fourth-order valence-electron chi connectivity index (χ4n) is 1.73. The van der Waals surface area contributed by atoms with Crippen LogP contribution >= 0.6 is 11.6 Å². The molecule has 0 saturated heterocycles. The SMILES string of the molecule is CCCCN(CC)c1ccc(C(=N)N)cc1Cl. The lowest BCUT2D eigenvalue weighted by molar-refractivity contribution is 0.732. The number of hydrogen-bond acceptors (Lipinski definition) is 2. The predicted octanol–water partition coefficient (Wildman–Crippen LogP) is 3.25. The van der Waals surface area contributed by atoms with Crippen molar-refractivity contribution in [1.82, 2.24) is 0 Å². The van der Waals surface area contributed by atoms with Gasteiger partial charge in [-0.05, 0) is 31.5 Å². The number of anilines is 1. The van der Waals surface area contributed by atoms with Crippen LogP contribution in [0.3, 0.4) is 0 Å². The molecule has 0 amide bonds. The maximum atomic E-state index is 7.37. The molecule has 0 aliphatic carbocycles. The fourth-order valence-corrected chi connectivity index (χ4v) is 2.03. The zero-order chi connectivity index (χ0) is 12.8. The van der Waals surface area contributed by atoms with E-state index in [2.05, 4.69) is 18.7 Å². The largest absolute Gasteiger partial charge is 0.384 e. The van der Waals surface area contributed by atoms with Crippen molar-refractivity contribution < 1.29 is 0 Å². The van der Waals surface area contributed by atoms with Gasteiger partial charge in [-0.25, -0.2) is 0 Å². The smallest absolute Gasteiger partial charge is 0.122 e. The Hall–Kier alpha value is -1.22. The Morgan fingerprint density at radius 2 is 2.12 bits per heavy atom. The molecule has 0 unspecified atom stereocenters. The second-order valence-electron chi connectivity index (χ2n) is 4.01. The summed E-state index contributed by atoms with van der Waals surface area (Å²) >= 11 is 6.23. The van der Waals surface area contributed by atoms with Crippen LogP contribution in [0.15, 0.2) is 18.2 Å². The number of benzene rings is 1. The van der Waals surface area contributed by atoms with Gasteiger partial charge in [0, 0.05) is 18.7 Å². The van der Waals surface area contributed by atoms with Gasteiger partial charge in [-0.3, -0.25) is 5.41 Å². The van der Waals surface area contributed by atoms with E-state index in [1.807, 2.05) is 12.1 Å². The quantitative estimate of drug-likeness (QED) is 0.604. The van der Waals surface area contributed by atoms with Gasteiger partial charge in [0.25, 0.3) is 0 Å². The Morgan fingerprint density at radius 3 is 2.59 bits per heavy atom. The van der Waals surface area contributed by atoms with Crippen molar-refractivity contribution in [1.29, 1.82) is 5.41 Å². The van der Waals surface area contributed by atoms with E-state index in [0.29, 0.717) is 10.6 Å². The normalized spacial score (nSPS) is 10.3. The fraction of sp³-hybridized carbons (Fsp3) is 0.462. The van der Waals surface area contributed by atoms with Gasteiger partial charge in [0.2, 0.25) is 0 Å². The van der Waals surface area contributed by atoms with Crippen molar-refractivity contribution in [2.45, 2.75) is 26.7 Å². The maximum absolute atomic E-state index is 7.37. The number of nitrogens with one attached hydrogen (secondary N) is 1. The van der Waals surface area contributed by atoms with E-state index in [9.17, 15) is 0 Å². The van der Waals surface area contributed by atoms with Crippen LogP contribution < -0.4 is 10.6 Å². The van der Waals surface area contributed by atoms with Crippen LogP contribution in [0.5, 0.6) is 0 Å². The lowest BCUT2D eigenvalue weighted by Gasteiger charge is -2.24. The molecule has 0 atom stereocenters. The summed E-state index contributed by atoms with van der Waals surface area (Å²) in [5.41, 5.74) is 7.13. The summed E-state index contributed by atoms with van der Waals surface area (Å²) in [6, 6.07) is 5.55. The number of hydrogen-bond donors (Lipinski definition) is 2. The van der Waals surface area contributed by atoms with E-state index in [-0.39, 0.29) is 5.84 Å². The molecule has 0 aromatic heterocycles. The Bertz CT molecular complexity index is 390. The third-order valence-electron chi connectivity index (χ3n) is 2.76. The summed E-state index contributed by atoms with van der Waals surface area (Å²) in [6.07, 6.45) is 2.32. The van der Waals surface area contributed by atoms with Crippen molar-refractivity contribution in [3.05, 3.63) is 28.8 Å². The molecule has 3 nitrogen and oxygen atoms in total. The molecule has 94 valence electrons. The van der Waals surface area contributed by atoms with Crippen molar-refractivity contribution in [3.8, 4) is 0 Å². The number of nitrogen functional groups attached to an aromatic ring is 1. The van der Waals surface area contributed by atoms with E-state index in [1.165, 1.54) is 6.42 Å². The van der Waals surface area contributed by atoms with Crippen LogP contribution in [0.1, 0.15) is 32.3 Å². The highest BCUT2D eigenvalue weighted by atomic mass is 35.5. The molecule has 1 aromatic rings. The highest BCUT2D eigenvalue weighted by molar-refractivity contribution is 6.33. The van der Waals surface area contributed by atoms with Crippen molar-refractivity contribution in [2.24, 2.45) is 5.73 Å². The minimum absolute atomic E-state index is 0.0510. The zero-order valence-corrected chi connectivity index (χ0v) is 11.2. The summed E-state index contributed by atoms with van der Waals surface area (Å²) in [5, 5.41) is 8.03. The number of unbranched alkanes of at least 4 members (excludes halogenated alkanes) is 1. The molecule has 0 heterocycles. The number of amidine groups is 1. The minimum Gasteiger partial charge on any atom is -0.384 e. The molecule has 1 aromatic carbocycles. The summed E-state index contributed by atoms with van der Waals surface area (Å²) in [6.45, 7) is 6.23. The van der Waals surface area contributed by atoms with Gasteiger partial charge in [-0.15, -0.1) is 0 Å². The second kappa shape index (κ2) is 6.50. The molecule has 0 saturated carbocycles. The molecular formula is C13H20ClN3. The number of nitrogens with two attached hydrogens (primary N) is 1. The van der Waals surface area contributed by atoms with Gasteiger partial charge in [-0.1, -0.05) is 24.9 Å². The van der Waals surface area contributed by atoms with Crippen LogP contribution in [-0.2, 0) is 0 Å². The number of rotatable bonds is 6. The van der Waals surface area contributed by atoms with Gasteiger partial charge >= 0.3 is 0 Å². The molecule has 0 spiro atoms. The van der Waals surface area contributed by atoms with Gasteiger partial charge in [0.15, 0.2) is 0 Å². The Kier molecular flexibility index (Phi) is 5.29. The van der Waals surface area contributed by atoms with E-state index < -0.39 is 0 Å². The summed E-state index contributed by atoms with van der Waals surface area (Å²) in [4.78, 5) is 2.25. The topological polar surface area (TPSA) is 53.1 Å². The Balaban J connectivity index is 2.92. The molecule has 1 rings (SSSR count). The third kappa shape index (κ3) is 3.63. The maximum Gasteiger partial charge on any atom is 0.122 e. The summed E-state index contributed by atoms with van der Waals surface area (Å²) in [5.74, 6) is 0.0510. The predicted molar refractivity (Wildman–Crippen MR) is 75.3 cm³/mol. The summed E-state index contributed by atoms with van der Waals surface area (Å²) in [7, 11) is 0. The molecule has 0 bridgehead atoms. The average molecular weight is 254 g/mol. The Morgan fingerprint density at radius 1 is 1.41 bits per heavy atom. The van der Waals surface area contributed by atoms with Gasteiger partial charge in [0.05, 0.1) is 10.7 Å². The zero-order valence-electron chi connectivity index (χ0n) is 10.5. The van der Waals surface area contributed by atoms with Crippen molar-refractivity contribution in [2.75, 3.05) is 18.0 Å². The van der Waals surface area contributed by atoms with Crippen LogP contribution in [0.2, 0.25) is 5.02 Å². The number of halogens is 1. The average Bonchev–Trinajstić information content (AvgIpc) is 2.31. The summed E-state index contributed by atoms with van der Waals surface area (Å²) < 4.78 is 0. The number of nitrogens with zero attached hydrogens (tertiary/aromatic N) is 1. The van der Waals surface area contributed by atoms with Crippen LogP contribution in [0, 0.1) is 5.41 Å². The first-order valence-electron chi connectivity index (χ1n) is 5.99. The molecule has 3 N–H and O–H groups in total. The molecule has 17 heavy (non-hydrogen) atoms. The van der Waals surface area contributed by atoms with Gasteiger partial charge in [-0.2, -0.15) is 0 Å². The van der Waals surface area contributed by atoms with Crippen molar-refractivity contribution in [3.63, 3.8) is 0 Å². The van der Waals surface area contributed by atoms with Crippen LogP contribution in [0.25, 0.3) is 0 Å². The lowest BCUT2D eigenvalue weighted by atomic mass is 10.1. The van der Waals surface area contributed by atoms with Crippen molar-refractivity contribution >= 4 is 23.1 Å². The first-order valence-corrected chi connectivity index (χ1v) is 6.36. The monoisotopic (exact) mass is 253 g/mol. The second-order valence-corrected chi connectivity index (χ2v) is 4.42. The molecular weight excluding hydrogens is 234 g/mol. The highest BCUT2D eigenvalue weighted by Crippen LogP contribution is 2.27. The molecule has 0 aliphatic rings. The van der Waals surface area contributed by atoms with Gasteiger partial charge < -0.3 is 10.6 Å². The first kappa shape index (κ1) is 13.8. The third-order valence-corrected chi connectivity index (χ3v) is 3.07. The molecule has 4 heteroatoms.